The number of aliphatic carboxylic acids is 1. The number of ketones is 1. The lowest BCUT2D eigenvalue weighted by Gasteiger charge is -2.39. The van der Waals surface area contributed by atoms with Crippen LogP contribution in [0.1, 0.15) is 12.0 Å². The topological polar surface area (TPSA) is 115 Å². The Bertz CT molecular complexity index is 725. The smallest absolute Gasteiger partial charge is 0.336 e. The Balaban J connectivity index is 2.57. The second kappa shape index (κ2) is 6.32. The minimum atomic E-state index is -3.07. The van der Waals surface area contributed by atoms with E-state index >= 15 is 0 Å². The number of carbonyl (C=O) groups excluding carboxylic acids is 1. The lowest BCUT2D eigenvalue weighted by atomic mass is 9.69. The van der Waals surface area contributed by atoms with Crippen LogP contribution in [0, 0.1) is 35.0 Å². The first-order valence-corrected chi connectivity index (χ1v) is 6.79. The van der Waals surface area contributed by atoms with Crippen LogP contribution >= 0.6 is 0 Å². The normalized spacial score (nSPS) is 29.8. The van der Waals surface area contributed by atoms with Gasteiger partial charge in [0.05, 0.1) is 12.0 Å². The Hall–Kier alpha value is -2.11. The first-order valence-electron chi connectivity index (χ1n) is 6.79. The minimum Gasteiger partial charge on any atom is -0.479 e. The Kier molecular flexibility index (Phi) is 4.86. The van der Waals surface area contributed by atoms with Crippen molar-refractivity contribution in [3.63, 3.8) is 0 Å². The third-order valence-electron chi connectivity index (χ3n) is 4.18. The molecule has 2 rings (SSSR count). The van der Waals surface area contributed by atoms with Gasteiger partial charge in [0.25, 0.3) is 0 Å². The number of carboxylic acid groups (broad SMARTS) is 1. The van der Waals surface area contributed by atoms with Crippen LogP contribution in [0.2, 0.25) is 0 Å². The first kappa shape index (κ1) is 19.2. The van der Waals surface area contributed by atoms with Crippen LogP contribution in [-0.4, -0.2) is 50.0 Å². The van der Waals surface area contributed by atoms with Gasteiger partial charge in [-0.05, 0) is 6.42 Å². The number of halogens is 5. The molecular weight excluding hydrogens is 359 g/mol. The van der Waals surface area contributed by atoms with Crippen molar-refractivity contribution in [1.29, 1.82) is 0 Å². The van der Waals surface area contributed by atoms with E-state index in [1.165, 1.54) is 0 Å². The van der Waals surface area contributed by atoms with Gasteiger partial charge < -0.3 is 20.4 Å². The average Bonchev–Trinajstić information content (AvgIpc) is 2.55. The second-order valence-electron chi connectivity index (χ2n) is 5.65. The van der Waals surface area contributed by atoms with E-state index in [9.17, 15) is 46.9 Å². The van der Waals surface area contributed by atoms with E-state index in [0.29, 0.717) is 0 Å². The van der Waals surface area contributed by atoms with Gasteiger partial charge in [0.1, 0.15) is 6.10 Å². The molecule has 0 spiro atoms. The van der Waals surface area contributed by atoms with E-state index in [-0.39, 0.29) is 0 Å². The monoisotopic (exact) mass is 370 g/mol. The molecule has 0 amide bonds. The Morgan fingerprint density at radius 1 is 1.00 bits per heavy atom. The largest absolute Gasteiger partial charge is 0.479 e. The summed E-state index contributed by atoms with van der Waals surface area (Å²) in [6.45, 7) is 0. The van der Waals surface area contributed by atoms with E-state index < -0.39 is 83.0 Å². The van der Waals surface area contributed by atoms with E-state index in [4.69, 9.17) is 5.11 Å². The fraction of sp³-hybridized carbons (Fsp3) is 0.429. The van der Waals surface area contributed by atoms with Crippen LogP contribution < -0.4 is 0 Å². The summed E-state index contributed by atoms with van der Waals surface area (Å²) in [7, 11) is 0. The molecule has 1 aliphatic carbocycles. The molecule has 0 aliphatic heterocycles. The summed E-state index contributed by atoms with van der Waals surface area (Å²) in [6.07, 6.45) is -6.65. The van der Waals surface area contributed by atoms with Crippen LogP contribution in [0.3, 0.4) is 0 Å². The van der Waals surface area contributed by atoms with Gasteiger partial charge in [0.2, 0.25) is 5.82 Å². The van der Waals surface area contributed by atoms with Crippen molar-refractivity contribution in [2.75, 3.05) is 0 Å². The predicted octanol–water partition coefficient (Wildman–Crippen LogP) is 0.0511. The number of Topliss-reactive ketones (excluding diaryl/α,β-unsaturated/α-hetero) is 1. The lowest BCUT2D eigenvalue weighted by molar-refractivity contribution is -0.187. The molecule has 0 saturated heterocycles. The van der Waals surface area contributed by atoms with Crippen molar-refractivity contribution in [1.82, 2.24) is 0 Å². The molecule has 6 nitrogen and oxygen atoms in total. The highest BCUT2D eigenvalue weighted by Gasteiger charge is 2.56. The zero-order valence-corrected chi connectivity index (χ0v) is 12.1. The molecule has 0 aromatic heterocycles. The van der Waals surface area contributed by atoms with Crippen molar-refractivity contribution in [2.45, 2.75) is 30.7 Å². The standard InChI is InChI=1S/C14H11F5O6/c15-6-3(7(16)9(18)10(19)8(6)17)1-4-11(21)12(22)5(20)2-14(4,25)13(23)24/h4-5,12,20,22,25H,1-2H2,(H,23,24)/t4-,5-,12+,14-/m1/s1. The fourth-order valence-electron chi connectivity index (χ4n) is 2.74. The molecule has 0 radical (unpaired) electrons. The van der Waals surface area contributed by atoms with E-state index in [0.717, 1.165) is 0 Å². The van der Waals surface area contributed by atoms with E-state index in [1.807, 2.05) is 0 Å². The molecule has 0 heterocycles. The van der Waals surface area contributed by atoms with Crippen LogP contribution in [0.5, 0.6) is 0 Å². The summed E-state index contributed by atoms with van der Waals surface area (Å²) in [5, 5.41) is 38.1. The summed E-state index contributed by atoms with van der Waals surface area (Å²) < 4.78 is 67.0. The van der Waals surface area contributed by atoms with Crippen LogP contribution in [0.25, 0.3) is 0 Å². The van der Waals surface area contributed by atoms with Gasteiger partial charge in [0.15, 0.2) is 34.7 Å². The Morgan fingerprint density at radius 2 is 1.44 bits per heavy atom. The summed E-state index contributed by atoms with van der Waals surface area (Å²) in [5.41, 5.74) is -4.59. The minimum absolute atomic E-state index is 1.09. The number of hydrogen-bond acceptors (Lipinski definition) is 5. The molecule has 1 fully saturated rings. The maximum absolute atomic E-state index is 13.7. The molecule has 25 heavy (non-hydrogen) atoms. The number of aliphatic hydroxyl groups excluding tert-OH is 2. The predicted molar refractivity (Wildman–Crippen MR) is 67.6 cm³/mol. The zero-order valence-electron chi connectivity index (χ0n) is 12.1. The van der Waals surface area contributed by atoms with Crippen molar-refractivity contribution in [3.8, 4) is 0 Å². The summed E-state index contributed by atoms with van der Waals surface area (Å²) in [5.74, 6) is -17.5. The molecule has 0 bridgehead atoms. The summed E-state index contributed by atoms with van der Waals surface area (Å²) in [6, 6.07) is 0. The van der Waals surface area contributed by atoms with Gasteiger partial charge in [-0.1, -0.05) is 0 Å². The number of hydrogen-bond donors (Lipinski definition) is 4. The van der Waals surface area contributed by atoms with Gasteiger partial charge >= 0.3 is 5.97 Å². The number of aliphatic hydroxyl groups is 3. The van der Waals surface area contributed by atoms with Crippen LogP contribution in [0.4, 0.5) is 22.0 Å². The van der Waals surface area contributed by atoms with Crippen molar-refractivity contribution < 1.29 is 52.0 Å². The van der Waals surface area contributed by atoms with E-state index in [2.05, 4.69) is 0 Å². The summed E-state index contributed by atoms with van der Waals surface area (Å²) >= 11 is 0. The van der Waals surface area contributed by atoms with Gasteiger partial charge in [-0.3, -0.25) is 4.79 Å². The summed E-state index contributed by atoms with van der Waals surface area (Å²) in [4.78, 5) is 23.2. The third kappa shape index (κ3) is 2.87. The van der Waals surface area contributed by atoms with Gasteiger partial charge in [0, 0.05) is 12.0 Å². The lowest BCUT2D eigenvalue weighted by Crippen LogP contribution is -2.61. The third-order valence-corrected chi connectivity index (χ3v) is 4.18. The molecule has 4 atom stereocenters. The molecule has 1 aliphatic rings. The van der Waals surface area contributed by atoms with Crippen molar-refractivity contribution >= 4 is 11.8 Å². The molecular formula is C14H11F5O6. The molecule has 1 aromatic carbocycles. The van der Waals surface area contributed by atoms with Gasteiger partial charge in [-0.25, -0.2) is 26.7 Å². The molecule has 0 unspecified atom stereocenters. The average molecular weight is 370 g/mol. The number of benzene rings is 1. The van der Waals surface area contributed by atoms with Gasteiger partial charge in [-0.2, -0.15) is 0 Å². The van der Waals surface area contributed by atoms with Crippen molar-refractivity contribution in [3.05, 3.63) is 34.6 Å². The Morgan fingerprint density at radius 3 is 1.88 bits per heavy atom. The van der Waals surface area contributed by atoms with Crippen LogP contribution in [0.15, 0.2) is 0 Å². The molecule has 11 heteroatoms. The van der Waals surface area contributed by atoms with Gasteiger partial charge in [-0.15, -0.1) is 0 Å². The number of rotatable bonds is 3. The highest BCUT2D eigenvalue weighted by Crippen LogP contribution is 2.36. The Labute approximate surface area is 136 Å². The molecule has 138 valence electrons. The fourth-order valence-corrected chi connectivity index (χ4v) is 2.74. The first-order chi connectivity index (χ1) is 11.4. The maximum Gasteiger partial charge on any atom is 0.336 e. The number of carbonyl (C=O) groups is 2. The maximum atomic E-state index is 13.7. The van der Waals surface area contributed by atoms with E-state index in [1.54, 1.807) is 0 Å². The SMILES string of the molecule is O=C1[C@@H](O)[C@H](O)C[C@](O)(C(=O)O)[C@@H]1Cc1c(F)c(F)c(F)c(F)c1F. The number of carboxylic acids is 1. The zero-order chi connectivity index (χ0) is 19.3. The highest BCUT2D eigenvalue weighted by atomic mass is 19.2. The molecule has 4 N–H and O–H groups in total. The quantitative estimate of drug-likeness (QED) is 0.340. The highest BCUT2D eigenvalue weighted by molar-refractivity contribution is 5.94. The molecule has 1 aromatic rings. The van der Waals surface area contributed by atoms with Crippen molar-refractivity contribution in [2.24, 2.45) is 5.92 Å². The van der Waals surface area contributed by atoms with Crippen LogP contribution in [-0.2, 0) is 16.0 Å². The molecule has 1 saturated carbocycles. The second-order valence-corrected chi connectivity index (χ2v) is 5.65.